The first-order chi connectivity index (χ1) is 7.66. The highest BCUT2D eigenvalue weighted by molar-refractivity contribution is 6.02. The van der Waals surface area contributed by atoms with Gasteiger partial charge in [-0.15, -0.1) is 0 Å². The zero-order valence-corrected chi connectivity index (χ0v) is 8.73. The number of aromatic hydroxyl groups is 1. The molecule has 0 saturated carbocycles. The van der Waals surface area contributed by atoms with E-state index in [0.29, 0.717) is 5.69 Å². The van der Waals surface area contributed by atoms with Crippen molar-refractivity contribution in [3.63, 3.8) is 0 Å². The fourth-order valence-corrected chi connectivity index (χ4v) is 1.38. The fraction of sp³-hybridized carbons (Fsp3) is 0.0833. The summed E-state index contributed by atoms with van der Waals surface area (Å²) in [6.45, 7) is 1.80. The van der Waals surface area contributed by atoms with Gasteiger partial charge in [-0.25, -0.2) is 0 Å². The van der Waals surface area contributed by atoms with Crippen LogP contribution in [0.25, 0.3) is 0 Å². The number of anilines is 1. The van der Waals surface area contributed by atoms with E-state index in [1.165, 1.54) is 12.3 Å². The molecule has 4 nitrogen and oxygen atoms in total. The van der Waals surface area contributed by atoms with E-state index in [-0.39, 0.29) is 17.4 Å². The Morgan fingerprint density at radius 2 is 2.19 bits per heavy atom. The molecule has 1 heterocycles. The third-order valence-electron chi connectivity index (χ3n) is 2.20. The summed E-state index contributed by atoms with van der Waals surface area (Å²) in [7, 11) is 0. The van der Waals surface area contributed by atoms with E-state index in [1.54, 1.807) is 31.2 Å². The standard InChI is InChI=1S/C12H11NO3/c1-8-7-9(14)4-5-10(8)13-12(15)11-3-2-6-16-11/h2-7,14H,1H3,(H,13,15). The highest BCUT2D eigenvalue weighted by Gasteiger charge is 2.09. The number of carbonyl (C=O) groups is 1. The van der Waals surface area contributed by atoms with Gasteiger partial charge in [-0.3, -0.25) is 4.79 Å². The van der Waals surface area contributed by atoms with Gasteiger partial charge in [0.1, 0.15) is 5.75 Å². The molecule has 0 fully saturated rings. The van der Waals surface area contributed by atoms with Crippen LogP contribution in [0.3, 0.4) is 0 Å². The molecule has 2 rings (SSSR count). The summed E-state index contributed by atoms with van der Waals surface area (Å²) in [5, 5.41) is 11.9. The minimum atomic E-state index is -0.307. The minimum Gasteiger partial charge on any atom is -0.508 e. The van der Waals surface area contributed by atoms with Crippen LogP contribution in [0.2, 0.25) is 0 Å². The minimum absolute atomic E-state index is 0.175. The van der Waals surface area contributed by atoms with Gasteiger partial charge < -0.3 is 14.8 Å². The zero-order chi connectivity index (χ0) is 11.5. The molecular formula is C12H11NO3. The van der Waals surface area contributed by atoms with Crippen molar-refractivity contribution < 1.29 is 14.3 Å². The predicted molar refractivity (Wildman–Crippen MR) is 59.5 cm³/mol. The molecular weight excluding hydrogens is 206 g/mol. The second kappa shape index (κ2) is 4.10. The Bertz CT molecular complexity index is 503. The van der Waals surface area contributed by atoms with Crippen LogP contribution in [0, 0.1) is 6.92 Å². The van der Waals surface area contributed by atoms with Crippen molar-refractivity contribution in [1.29, 1.82) is 0 Å². The van der Waals surface area contributed by atoms with Crippen LogP contribution in [0.15, 0.2) is 41.0 Å². The van der Waals surface area contributed by atoms with Crippen molar-refractivity contribution in [3.8, 4) is 5.75 Å². The molecule has 0 radical (unpaired) electrons. The van der Waals surface area contributed by atoms with E-state index in [4.69, 9.17) is 4.42 Å². The van der Waals surface area contributed by atoms with E-state index in [0.717, 1.165) is 5.56 Å². The number of hydrogen-bond donors (Lipinski definition) is 2. The lowest BCUT2D eigenvalue weighted by Crippen LogP contribution is -2.11. The number of furan rings is 1. The van der Waals surface area contributed by atoms with Crippen LogP contribution in [-0.2, 0) is 0 Å². The van der Waals surface area contributed by atoms with Crippen LogP contribution in [0.4, 0.5) is 5.69 Å². The molecule has 2 N–H and O–H groups in total. The topological polar surface area (TPSA) is 62.5 Å². The van der Waals surface area contributed by atoms with Crippen LogP contribution in [0.1, 0.15) is 16.1 Å². The number of phenolic OH excluding ortho intramolecular Hbond substituents is 1. The molecule has 0 bridgehead atoms. The van der Waals surface area contributed by atoms with Crippen molar-refractivity contribution >= 4 is 11.6 Å². The number of hydrogen-bond acceptors (Lipinski definition) is 3. The number of amides is 1. The molecule has 4 heteroatoms. The van der Waals surface area contributed by atoms with Gasteiger partial charge in [0.05, 0.1) is 6.26 Å². The first-order valence-electron chi connectivity index (χ1n) is 4.81. The molecule has 0 aliphatic rings. The van der Waals surface area contributed by atoms with Gasteiger partial charge in [-0.1, -0.05) is 0 Å². The van der Waals surface area contributed by atoms with E-state index in [9.17, 15) is 9.90 Å². The summed E-state index contributed by atoms with van der Waals surface area (Å²) >= 11 is 0. The van der Waals surface area contributed by atoms with Crippen LogP contribution < -0.4 is 5.32 Å². The third kappa shape index (κ3) is 2.06. The highest BCUT2D eigenvalue weighted by atomic mass is 16.3. The molecule has 82 valence electrons. The van der Waals surface area contributed by atoms with Gasteiger partial charge in [0, 0.05) is 5.69 Å². The number of benzene rings is 1. The van der Waals surface area contributed by atoms with Crippen molar-refractivity contribution in [2.75, 3.05) is 5.32 Å². The quantitative estimate of drug-likeness (QED) is 0.760. The lowest BCUT2D eigenvalue weighted by atomic mass is 10.2. The monoisotopic (exact) mass is 217 g/mol. The van der Waals surface area contributed by atoms with Crippen LogP contribution in [-0.4, -0.2) is 11.0 Å². The first-order valence-corrected chi connectivity index (χ1v) is 4.81. The van der Waals surface area contributed by atoms with Crippen LogP contribution >= 0.6 is 0 Å². The normalized spacial score (nSPS) is 10.1. The number of phenols is 1. The summed E-state index contributed by atoms with van der Waals surface area (Å²) in [4.78, 5) is 11.6. The number of carbonyl (C=O) groups excluding carboxylic acids is 1. The molecule has 0 unspecified atom stereocenters. The average molecular weight is 217 g/mol. The molecule has 0 saturated heterocycles. The van der Waals surface area contributed by atoms with Crippen LogP contribution in [0.5, 0.6) is 5.75 Å². The maximum atomic E-state index is 11.6. The Labute approximate surface area is 92.5 Å². The molecule has 0 aliphatic carbocycles. The number of aryl methyl sites for hydroxylation is 1. The van der Waals surface area contributed by atoms with Crippen molar-refractivity contribution in [2.45, 2.75) is 6.92 Å². The molecule has 16 heavy (non-hydrogen) atoms. The van der Waals surface area contributed by atoms with E-state index in [2.05, 4.69) is 5.32 Å². The Balaban J connectivity index is 2.18. The lowest BCUT2D eigenvalue weighted by Gasteiger charge is -2.06. The van der Waals surface area contributed by atoms with Crippen molar-refractivity contribution in [2.24, 2.45) is 0 Å². The van der Waals surface area contributed by atoms with E-state index >= 15 is 0 Å². The van der Waals surface area contributed by atoms with Crippen molar-refractivity contribution in [3.05, 3.63) is 47.9 Å². The van der Waals surface area contributed by atoms with Crippen molar-refractivity contribution in [1.82, 2.24) is 0 Å². The zero-order valence-electron chi connectivity index (χ0n) is 8.73. The summed E-state index contributed by atoms with van der Waals surface area (Å²) in [6, 6.07) is 7.98. The van der Waals surface area contributed by atoms with Gasteiger partial charge in [0.2, 0.25) is 0 Å². The second-order valence-electron chi connectivity index (χ2n) is 3.43. The Hall–Kier alpha value is -2.23. The Morgan fingerprint density at radius 1 is 1.38 bits per heavy atom. The van der Waals surface area contributed by atoms with Gasteiger partial charge in [0.25, 0.3) is 5.91 Å². The molecule has 0 aliphatic heterocycles. The molecule has 0 spiro atoms. The van der Waals surface area contributed by atoms with Gasteiger partial charge >= 0.3 is 0 Å². The SMILES string of the molecule is Cc1cc(O)ccc1NC(=O)c1ccco1. The number of nitrogens with one attached hydrogen (secondary N) is 1. The third-order valence-corrected chi connectivity index (χ3v) is 2.20. The Kier molecular flexibility index (Phi) is 2.64. The van der Waals surface area contributed by atoms with E-state index < -0.39 is 0 Å². The maximum absolute atomic E-state index is 11.6. The van der Waals surface area contributed by atoms with Gasteiger partial charge in [-0.05, 0) is 42.8 Å². The molecule has 1 aromatic heterocycles. The molecule has 2 aromatic rings. The first kappa shape index (κ1) is 10.3. The summed E-state index contributed by atoms with van der Waals surface area (Å²) in [6.07, 6.45) is 1.44. The maximum Gasteiger partial charge on any atom is 0.291 e. The summed E-state index contributed by atoms with van der Waals surface area (Å²) < 4.78 is 4.97. The smallest absolute Gasteiger partial charge is 0.291 e. The van der Waals surface area contributed by atoms with Gasteiger partial charge in [-0.2, -0.15) is 0 Å². The number of rotatable bonds is 2. The molecule has 0 atom stereocenters. The van der Waals surface area contributed by atoms with E-state index in [1.807, 2.05) is 0 Å². The predicted octanol–water partition coefficient (Wildman–Crippen LogP) is 2.55. The molecule has 1 amide bonds. The summed E-state index contributed by atoms with van der Waals surface area (Å²) in [5.74, 6) is 0.125. The fourth-order valence-electron chi connectivity index (χ4n) is 1.38. The molecule has 1 aromatic carbocycles. The Morgan fingerprint density at radius 3 is 2.81 bits per heavy atom. The largest absolute Gasteiger partial charge is 0.508 e. The average Bonchev–Trinajstić information content (AvgIpc) is 2.75. The van der Waals surface area contributed by atoms with Gasteiger partial charge in [0.15, 0.2) is 5.76 Å². The lowest BCUT2D eigenvalue weighted by molar-refractivity contribution is 0.0996. The summed E-state index contributed by atoms with van der Waals surface area (Å²) in [5.41, 5.74) is 1.44. The highest BCUT2D eigenvalue weighted by Crippen LogP contribution is 2.20. The second-order valence-corrected chi connectivity index (χ2v) is 3.43.